The van der Waals surface area contributed by atoms with Crippen LogP contribution in [0.1, 0.15) is 36.5 Å². The highest BCUT2D eigenvalue weighted by Gasteiger charge is 2.50. The van der Waals surface area contributed by atoms with Gasteiger partial charge >= 0.3 is 0 Å². The number of nitrogens with zero attached hydrogens (tertiary/aromatic N) is 1. The molecular weight excluding hydrogens is 368 g/mol. The molecule has 1 aliphatic heterocycles. The van der Waals surface area contributed by atoms with Crippen LogP contribution in [-0.4, -0.2) is 24.8 Å². The third kappa shape index (κ3) is 3.50. The van der Waals surface area contributed by atoms with Crippen LogP contribution in [0.5, 0.6) is 5.75 Å². The summed E-state index contributed by atoms with van der Waals surface area (Å²) >= 11 is 0. The van der Waals surface area contributed by atoms with E-state index in [1.807, 2.05) is 0 Å². The predicted octanol–water partition coefficient (Wildman–Crippen LogP) is 3.87. The number of anilines is 2. The predicted molar refractivity (Wildman–Crippen MR) is 110 cm³/mol. The third-order valence-corrected chi connectivity index (χ3v) is 5.90. The first-order valence-corrected chi connectivity index (χ1v) is 9.92. The maximum Gasteiger partial charge on any atom is 0.257 e. The first-order chi connectivity index (χ1) is 14.0. The summed E-state index contributed by atoms with van der Waals surface area (Å²) in [6, 6.07) is 13.8. The maximum atomic E-state index is 13.1. The number of benzene rings is 2. The Hall–Kier alpha value is -3.15. The quantitative estimate of drug-likeness (QED) is 0.802. The van der Waals surface area contributed by atoms with Crippen LogP contribution in [-0.2, 0) is 9.59 Å². The summed E-state index contributed by atoms with van der Waals surface area (Å²) in [6.07, 6.45) is 2.40. The van der Waals surface area contributed by atoms with Crippen molar-refractivity contribution in [2.45, 2.75) is 26.2 Å². The Kier molecular flexibility index (Phi) is 5.09. The minimum atomic E-state index is -0.377. The van der Waals surface area contributed by atoms with Gasteiger partial charge < -0.3 is 10.1 Å². The van der Waals surface area contributed by atoms with Gasteiger partial charge in [0.05, 0.1) is 30.2 Å². The molecular formula is C23H24N2O4. The fourth-order valence-corrected chi connectivity index (χ4v) is 4.39. The topological polar surface area (TPSA) is 75.7 Å². The van der Waals surface area contributed by atoms with Gasteiger partial charge in [-0.05, 0) is 49.4 Å². The van der Waals surface area contributed by atoms with Crippen LogP contribution in [0.3, 0.4) is 0 Å². The van der Waals surface area contributed by atoms with Gasteiger partial charge in [-0.1, -0.05) is 25.1 Å². The zero-order chi connectivity index (χ0) is 20.5. The Balaban J connectivity index is 1.64. The van der Waals surface area contributed by atoms with Crippen molar-refractivity contribution in [2.24, 2.45) is 17.8 Å². The van der Waals surface area contributed by atoms with E-state index in [1.165, 1.54) is 4.90 Å². The average Bonchev–Trinajstić information content (AvgIpc) is 2.97. The van der Waals surface area contributed by atoms with Crippen LogP contribution >= 0.6 is 0 Å². The van der Waals surface area contributed by atoms with E-state index in [0.29, 0.717) is 28.6 Å². The van der Waals surface area contributed by atoms with Crippen LogP contribution in [0.4, 0.5) is 11.4 Å². The summed E-state index contributed by atoms with van der Waals surface area (Å²) in [5, 5.41) is 2.83. The molecule has 1 saturated heterocycles. The lowest BCUT2D eigenvalue weighted by Crippen LogP contribution is -2.33. The molecule has 0 aromatic heterocycles. The molecule has 6 nitrogen and oxygen atoms in total. The lowest BCUT2D eigenvalue weighted by molar-refractivity contribution is -0.122. The maximum absolute atomic E-state index is 13.1. The molecule has 1 aliphatic carbocycles. The molecule has 2 fully saturated rings. The molecule has 2 aromatic rings. The molecule has 0 bridgehead atoms. The number of ether oxygens (including phenoxy) is 1. The number of nitrogens with one attached hydrogen (secondary N) is 1. The fourth-order valence-electron chi connectivity index (χ4n) is 4.39. The van der Waals surface area contributed by atoms with Gasteiger partial charge in [0.2, 0.25) is 11.8 Å². The van der Waals surface area contributed by atoms with E-state index < -0.39 is 0 Å². The first-order valence-electron chi connectivity index (χ1n) is 9.92. The highest BCUT2D eigenvalue weighted by atomic mass is 16.5. The normalized spacial score (nSPS) is 23.7. The number of para-hydroxylation sites is 1. The molecule has 0 unspecified atom stereocenters. The van der Waals surface area contributed by atoms with E-state index in [2.05, 4.69) is 12.2 Å². The van der Waals surface area contributed by atoms with Crippen LogP contribution < -0.4 is 15.0 Å². The van der Waals surface area contributed by atoms with Crippen LogP contribution in [0.2, 0.25) is 0 Å². The number of carbonyl (C=O) groups is 3. The van der Waals surface area contributed by atoms with Crippen molar-refractivity contribution in [3.05, 3.63) is 54.1 Å². The van der Waals surface area contributed by atoms with Crippen molar-refractivity contribution in [1.82, 2.24) is 0 Å². The number of rotatable bonds is 4. The molecule has 1 N–H and O–H groups in total. The monoisotopic (exact) mass is 392 g/mol. The molecule has 1 heterocycles. The Labute approximate surface area is 169 Å². The number of hydrogen-bond acceptors (Lipinski definition) is 4. The number of amides is 3. The van der Waals surface area contributed by atoms with E-state index in [-0.39, 0.29) is 29.6 Å². The Morgan fingerprint density at radius 1 is 1.03 bits per heavy atom. The largest absolute Gasteiger partial charge is 0.497 e. The van der Waals surface area contributed by atoms with Crippen LogP contribution in [0.15, 0.2) is 48.5 Å². The summed E-state index contributed by atoms with van der Waals surface area (Å²) in [4.78, 5) is 40.3. The number of carbonyl (C=O) groups excluding carboxylic acids is 3. The highest BCUT2D eigenvalue weighted by molar-refractivity contribution is 6.24. The van der Waals surface area contributed by atoms with Gasteiger partial charge in [0, 0.05) is 11.8 Å². The molecule has 4 rings (SSSR count). The first kappa shape index (κ1) is 19.2. The summed E-state index contributed by atoms with van der Waals surface area (Å²) < 4.78 is 5.19. The molecule has 0 spiro atoms. The summed E-state index contributed by atoms with van der Waals surface area (Å²) in [5.41, 5.74) is 1.22. The second-order valence-corrected chi connectivity index (χ2v) is 7.85. The number of imide groups is 1. The smallest absolute Gasteiger partial charge is 0.257 e. The molecule has 0 radical (unpaired) electrons. The van der Waals surface area contributed by atoms with Crippen molar-refractivity contribution < 1.29 is 19.1 Å². The number of methoxy groups -OCH3 is 1. The van der Waals surface area contributed by atoms with Crippen molar-refractivity contribution in [3.63, 3.8) is 0 Å². The lowest BCUT2D eigenvalue weighted by atomic mass is 9.76. The second kappa shape index (κ2) is 7.70. The van der Waals surface area contributed by atoms with Gasteiger partial charge in [-0.15, -0.1) is 0 Å². The third-order valence-electron chi connectivity index (χ3n) is 5.90. The van der Waals surface area contributed by atoms with E-state index in [4.69, 9.17) is 4.74 Å². The highest BCUT2D eigenvalue weighted by Crippen LogP contribution is 2.42. The SMILES string of the molecule is COc1cccc(NC(=O)c2ccccc2N2C(=O)[C@H]3C[C@H](C)CC[C@H]3C2=O)c1. The minimum Gasteiger partial charge on any atom is -0.497 e. The lowest BCUT2D eigenvalue weighted by Gasteiger charge is -2.25. The Morgan fingerprint density at radius 3 is 2.59 bits per heavy atom. The molecule has 150 valence electrons. The van der Waals surface area contributed by atoms with E-state index in [1.54, 1.807) is 55.6 Å². The van der Waals surface area contributed by atoms with Gasteiger partial charge in [0.1, 0.15) is 5.75 Å². The van der Waals surface area contributed by atoms with Gasteiger partial charge in [0.25, 0.3) is 5.91 Å². The molecule has 2 aromatic carbocycles. The summed E-state index contributed by atoms with van der Waals surface area (Å²) in [7, 11) is 1.56. The van der Waals surface area contributed by atoms with Gasteiger partial charge in [0.15, 0.2) is 0 Å². The van der Waals surface area contributed by atoms with Crippen molar-refractivity contribution in [2.75, 3.05) is 17.3 Å². The molecule has 29 heavy (non-hydrogen) atoms. The van der Waals surface area contributed by atoms with Crippen molar-refractivity contribution in [1.29, 1.82) is 0 Å². The zero-order valence-electron chi connectivity index (χ0n) is 16.6. The van der Waals surface area contributed by atoms with Crippen molar-refractivity contribution in [3.8, 4) is 5.75 Å². The van der Waals surface area contributed by atoms with Crippen LogP contribution in [0.25, 0.3) is 0 Å². The van der Waals surface area contributed by atoms with E-state index >= 15 is 0 Å². The zero-order valence-corrected chi connectivity index (χ0v) is 16.6. The molecule has 2 aliphatic rings. The van der Waals surface area contributed by atoms with E-state index in [9.17, 15) is 14.4 Å². The minimum absolute atomic E-state index is 0.187. The Morgan fingerprint density at radius 2 is 1.79 bits per heavy atom. The molecule has 6 heteroatoms. The second-order valence-electron chi connectivity index (χ2n) is 7.85. The van der Waals surface area contributed by atoms with Gasteiger partial charge in [-0.25, -0.2) is 4.90 Å². The Bertz CT molecular complexity index is 971. The van der Waals surface area contributed by atoms with E-state index in [0.717, 1.165) is 19.3 Å². The summed E-state index contributed by atoms with van der Waals surface area (Å²) in [6.45, 7) is 2.12. The van der Waals surface area contributed by atoms with Crippen LogP contribution in [0, 0.1) is 17.8 Å². The molecule has 3 atom stereocenters. The number of fused-ring (bicyclic) bond motifs is 1. The number of hydrogen-bond donors (Lipinski definition) is 1. The van der Waals surface area contributed by atoms with Gasteiger partial charge in [-0.3, -0.25) is 14.4 Å². The molecule has 3 amide bonds. The fraction of sp³-hybridized carbons (Fsp3) is 0.348. The van der Waals surface area contributed by atoms with Crippen molar-refractivity contribution >= 4 is 29.1 Å². The summed E-state index contributed by atoms with van der Waals surface area (Å²) in [5.74, 6) is -0.243. The standard InChI is InChI=1S/C23H24N2O4/c1-14-10-11-17-19(12-14)23(28)25(22(17)27)20-9-4-3-8-18(20)21(26)24-15-6-5-7-16(13-15)29-2/h3-9,13-14,17,19H,10-12H2,1-2H3,(H,24,26)/t14-,17-,19+/m1/s1. The van der Waals surface area contributed by atoms with Gasteiger partial charge in [-0.2, -0.15) is 0 Å². The average molecular weight is 392 g/mol. The molecule has 1 saturated carbocycles.